The number of Topliss-reactive ketones (excluding diaryl/α,β-unsaturated/α-hetero) is 1. The molecule has 1 fully saturated rings. The Morgan fingerprint density at radius 2 is 2.00 bits per heavy atom. The number of carbonyl (C=O) groups excluding carboxylic acids is 1. The van der Waals surface area contributed by atoms with Crippen molar-refractivity contribution < 1.29 is 4.79 Å². The summed E-state index contributed by atoms with van der Waals surface area (Å²) < 4.78 is 0. The number of rotatable bonds is 3. The highest BCUT2D eigenvalue weighted by Crippen LogP contribution is 2.13. The monoisotopic (exact) mass is 230 g/mol. The van der Waals surface area contributed by atoms with E-state index in [0.717, 1.165) is 31.5 Å². The molecule has 1 aromatic carbocycles. The minimum absolute atomic E-state index is 0.322. The second-order valence-electron chi connectivity index (χ2n) is 4.54. The van der Waals surface area contributed by atoms with Crippen LogP contribution in [0.3, 0.4) is 0 Å². The van der Waals surface area contributed by atoms with Gasteiger partial charge in [-0.25, -0.2) is 0 Å². The summed E-state index contributed by atoms with van der Waals surface area (Å²) in [7, 11) is 1.96. The third kappa shape index (κ3) is 3.70. The summed E-state index contributed by atoms with van der Waals surface area (Å²) in [5, 5.41) is 6.43. The van der Waals surface area contributed by atoms with Gasteiger partial charge in [-0.05, 0) is 18.4 Å². The summed E-state index contributed by atoms with van der Waals surface area (Å²) in [4.78, 5) is 11.3. The van der Waals surface area contributed by atoms with Crippen molar-refractivity contribution in [1.82, 2.24) is 5.01 Å². The molecule has 3 heteroatoms. The van der Waals surface area contributed by atoms with Crippen molar-refractivity contribution in [1.29, 1.82) is 0 Å². The molecule has 0 unspecified atom stereocenters. The van der Waals surface area contributed by atoms with Gasteiger partial charge >= 0.3 is 0 Å². The molecule has 1 aromatic rings. The number of benzene rings is 1. The minimum Gasteiger partial charge on any atom is -0.299 e. The van der Waals surface area contributed by atoms with Crippen LogP contribution in [0.25, 0.3) is 0 Å². The quantitative estimate of drug-likeness (QED) is 0.748. The molecule has 0 heterocycles. The first-order valence-electron chi connectivity index (χ1n) is 6.07. The number of hydrazone groups is 1. The highest BCUT2D eigenvalue weighted by Gasteiger charge is 2.14. The molecule has 0 N–H and O–H groups in total. The molecule has 0 radical (unpaired) electrons. The van der Waals surface area contributed by atoms with Gasteiger partial charge in [0.1, 0.15) is 5.78 Å². The number of carbonyl (C=O) groups is 1. The molecule has 0 bridgehead atoms. The van der Waals surface area contributed by atoms with E-state index in [-0.39, 0.29) is 0 Å². The zero-order valence-corrected chi connectivity index (χ0v) is 10.2. The van der Waals surface area contributed by atoms with E-state index in [0.29, 0.717) is 12.2 Å². The van der Waals surface area contributed by atoms with Crippen LogP contribution in [-0.4, -0.2) is 23.6 Å². The predicted molar refractivity (Wildman–Crippen MR) is 68.8 cm³/mol. The molecule has 2 rings (SSSR count). The van der Waals surface area contributed by atoms with Crippen LogP contribution in [0, 0.1) is 0 Å². The highest BCUT2D eigenvalue weighted by atomic mass is 16.1. The van der Waals surface area contributed by atoms with Crippen molar-refractivity contribution in [2.75, 3.05) is 7.05 Å². The van der Waals surface area contributed by atoms with Gasteiger partial charge in [-0.1, -0.05) is 30.3 Å². The van der Waals surface area contributed by atoms with E-state index in [2.05, 4.69) is 17.2 Å². The van der Waals surface area contributed by atoms with Crippen LogP contribution in [0.1, 0.15) is 31.2 Å². The van der Waals surface area contributed by atoms with Gasteiger partial charge in [-0.2, -0.15) is 5.10 Å². The van der Waals surface area contributed by atoms with E-state index < -0.39 is 0 Å². The molecule has 90 valence electrons. The number of nitrogens with zero attached hydrogens (tertiary/aromatic N) is 2. The summed E-state index contributed by atoms with van der Waals surface area (Å²) in [6.07, 6.45) is 3.18. The topological polar surface area (TPSA) is 32.7 Å². The standard InChI is InChI=1S/C14H18N2O/c1-16(11-12-6-3-2-4-7-12)15-13-8-5-9-14(17)10-13/h2-4,6-7H,5,8-11H2,1H3. The fraction of sp³-hybridized carbons (Fsp3) is 0.429. The van der Waals surface area contributed by atoms with Gasteiger partial charge in [0.05, 0.1) is 6.54 Å². The summed E-state index contributed by atoms with van der Waals surface area (Å²) in [6, 6.07) is 10.2. The molecule has 1 saturated carbocycles. The number of hydrogen-bond donors (Lipinski definition) is 0. The van der Waals surface area contributed by atoms with Gasteiger partial charge in [0.2, 0.25) is 0 Å². The maximum atomic E-state index is 11.3. The lowest BCUT2D eigenvalue weighted by Gasteiger charge is -2.18. The zero-order chi connectivity index (χ0) is 12.1. The molecule has 0 aliphatic heterocycles. The number of ketones is 1. The minimum atomic E-state index is 0.322. The predicted octanol–water partition coefficient (Wildman–Crippen LogP) is 2.62. The van der Waals surface area contributed by atoms with E-state index in [9.17, 15) is 4.79 Å². The molecular formula is C14H18N2O. The molecule has 0 aromatic heterocycles. The SMILES string of the molecule is CN(Cc1ccccc1)N=C1CCCC(=O)C1. The van der Waals surface area contributed by atoms with E-state index in [4.69, 9.17) is 0 Å². The molecule has 3 nitrogen and oxygen atoms in total. The lowest BCUT2D eigenvalue weighted by atomic mass is 9.97. The van der Waals surface area contributed by atoms with E-state index >= 15 is 0 Å². The Bertz CT molecular complexity index is 411. The second-order valence-corrected chi connectivity index (χ2v) is 4.54. The maximum absolute atomic E-state index is 11.3. The van der Waals surface area contributed by atoms with Gasteiger partial charge in [0, 0.05) is 25.6 Å². The molecule has 1 aliphatic carbocycles. The Kier molecular flexibility index (Phi) is 3.91. The fourth-order valence-electron chi connectivity index (χ4n) is 2.10. The lowest BCUT2D eigenvalue weighted by molar-refractivity contribution is -0.118. The van der Waals surface area contributed by atoms with E-state index in [1.807, 2.05) is 30.3 Å². The Hall–Kier alpha value is -1.64. The largest absolute Gasteiger partial charge is 0.299 e. The third-order valence-corrected chi connectivity index (χ3v) is 2.89. The molecule has 17 heavy (non-hydrogen) atoms. The molecule has 0 spiro atoms. The van der Waals surface area contributed by atoms with Crippen LogP contribution in [0.2, 0.25) is 0 Å². The maximum Gasteiger partial charge on any atom is 0.138 e. The first kappa shape index (κ1) is 11.8. The Morgan fingerprint density at radius 3 is 2.71 bits per heavy atom. The second kappa shape index (κ2) is 5.62. The van der Waals surface area contributed by atoms with Crippen LogP contribution in [-0.2, 0) is 11.3 Å². The van der Waals surface area contributed by atoms with Crippen molar-refractivity contribution >= 4 is 11.5 Å². The highest BCUT2D eigenvalue weighted by molar-refractivity contribution is 6.03. The molecule has 1 aliphatic rings. The Morgan fingerprint density at radius 1 is 1.24 bits per heavy atom. The average molecular weight is 230 g/mol. The van der Waals surface area contributed by atoms with Crippen LogP contribution >= 0.6 is 0 Å². The zero-order valence-electron chi connectivity index (χ0n) is 10.2. The lowest BCUT2D eigenvalue weighted by Crippen LogP contribution is -2.19. The van der Waals surface area contributed by atoms with Crippen LogP contribution in [0.4, 0.5) is 0 Å². The van der Waals surface area contributed by atoms with Gasteiger partial charge < -0.3 is 0 Å². The fourth-order valence-corrected chi connectivity index (χ4v) is 2.10. The molecule has 0 atom stereocenters. The van der Waals surface area contributed by atoms with Gasteiger partial charge in [-0.3, -0.25) is 9.80 Å². The Balaban J connectivity index is 1.94. The van der Waals surface area contributed by atoms with Crippen molar-refractivity contribution in [2.45, 2.75) is 32.2 Å². The van der Waals surface area contributed by atoms with Gasteiger partial charge in [0.25, 0.3) is 0 Å². The van der Waals surface area contributed by atoms with Crippen LogP contribution in [0.15, 0.2) is 35.4 Å². The van der Waals surface area contributed by atoms with Crippen molar-refractivity contribution in [3.8, 4) is 0 Å². The van der Waals surface area contributed by atoms with Gasteiger partial charge in [0.15, 0.2) is 0 Å². The summed E-state index contributed by atoms with van der Waals surface area (Å²) in [5.74, 6) is 0.322. The third-order valence-electron chi connectivity index (χ3n) is 2.89. The summed E-state index contributed by atoms with van der Waals surface area (Å²) in [6.45, 7) is 0.790. The van der Waals surface area contributed by atoms with Crippen molar-refractivity contribution in [2.24, 2.45) is 5.10 Å². The molecule has 0 saturated heterocycles. The van der Waals surface area contributed by atoms with Crippen molar-refractivity contribution in [3.05, 3.63) is 35.9 Å². The molecular weight excluding hydrogens is 212 g/mol. The summed E-state index contributed by atoms with van der Waals surface area (Å²) in [5.41, 5.74) is 2.26. The normalized spacial score (nSPS) is 18.4. The smallest absolute Gasteiger partial charge is 0.138 e. The summed E-state index contributed by atoms with van der Waals surface area (Å²) >= 11 is 0. The average Bonchev–Trinajstić information content (AvgIpc) is 2.30. The van der Waals surface area contributed by atoms with Crippen LogP contribution in [0.5, 0.6) is 0 Å². The first-order chi connectivity index (χ1) is 8.24. The first-order valence-corrected chi connectivity index (χ1v) is 6.07. The van der Waals surface area contributed by atoms with E-state index in [1.165, 1.54) is 5.56 Å². The van der Waals surface area contributed by atoms with E-state index in [1.54, 1.807) is 0 Å². The molecule has 0 amide bonds. The van der Waals surface area contributed by atoms with Crippen LogP contribution < -0.4 is 0 Å². The number of hydrogen-bond acceptors (Lipinski definition) is 3. The van der Waals surface area contributed by atoms with Gasteiger partial charge in [-0.15, -0.1) is 0 Å². The van der Waals surface area contributed by atoms with Crippen molar-refractivity contribution in [3.63, 3.8) is 0 Å². The Labute approximate surface area is 102 Å².